The minimum absolute atomic E-state index is 0.133. The molecule has 0 aromatic heterocycles. The zero-order valence-electron chi connectivity index (χ0n) is 10.1. The molecule has 0 heterocycles. The van der Waals surface area contributed by atoms with Crippen molar-refractivity contribution < 1.29 is 18.1 Å². The van der Waals surface area contributed by atoms with Crippen molar-refractivity contribution in [2.45, 2.75) is 40.7 Å². The first-order chi connectivity index (χ1) is 6.95. The topological polar surface area (TPSA) is 56.8 Å². The summed E-state index contributed by atoms with van der Waals surface area (Å²) in [5.41, 5.74) is 0. The summed E-state index contributed by atoms with van der Waals surface area (Å²) in [4.78, 5) is 14.1. The zero-order chi connectivity index (χ0) is 11.9. The van der Waals surface area contributed by atoms with Crippen LogP contribution in [0.5, 0.6) is 0 Å². The molecule has 0 amide bonds. The number of carbonyl (C=O) groups is 1. The van der Waals surface area contributed by atoms with Crippen LogP contribution in [0.3, 0.4) is 0 Å². The maximum absolute atomic E-state index is 11.0. The van der Waals surface area contributed by atoms with Crippen LogP contribution >= 0.6 is 0 Å². The molecule has 0 saturated carbocycles. The van der Waals surface area contributed by atoms with Crippen LogP contribution in [0.2, 0.25) is 0 Å². The Bertz CT molecular complexity index is 193. The van der Waals surface area contributed by atoms with Crippen molar-refractivity contribution in [3.8, 4) is 0 Å². The maximum atomic E-state index is 11.0. The highest BCUT2D eigenvalue weighted by Gasteiger charge is 2.46. The van der Waals surface area contributed by atoms with E-state index in [1.807, 2.05) is 27.7 Å². The summed E-state index contributed by atoms with van der Waals surface area (Å²) < 4.78 is 16.1. The van der Waals surface area contributed by atoms with Crippen LogP contribution in [0.1, 0.15) is 34.6 Å². The van der Waals surface area contributed by atoms with E-state index in [1.54, 1.807) is 0 Å². The van der Waals surface area contributed by atoms with Crippen molar-refractivity contribution in [2.75, 3.05) is 13.2 Å². The Kier molecular flexibility index (Phi) is 6.74. The molecular weight excluding hydrogens is 214 g/mol. The van der Waals surface area contributed by atoms with Crippen LogP contribution in [0.15, 0.2) is 0 Å². The molecular formula is C9H21NO4Si. The third-order valence-corrected chi connectivity index (χ3v) is 4.24. The molecule has 0 aromatic rings. The van der Waals surface area contributed by atoms with Gasteiger partial charge in [0.2, 0.25) is 0 Å². The molecule has 15 heavy (non-hydrogen) atoms. The lowest BCUT2D eigenvalue weighted by Crippen LogP contribution is -2.62. The standard InChI is InChI=1S/C9H21NO4Si/c1-6-12-15(13-7-2,10-8(3)4)14-9(5)11/h8,10H,6-7H2,1-5H3. The lowest BCUT2D eigenvalue weighted by atomic mass is 10.4. The molecule has 0 aliphatic heterocycles. The zero-order valence-corrected chi connectivity index (χ0v) is 11.1. The fourth-order valence-electron chi connectivity index (χ4n) is 1.14. The third kappa shape index (κ3) is 5.88. The van der Waals surface area contributed by atoms with Gasteiger partial charge in [-0.05, 0) is 13.8 Å². The predicted octanol–water partition coefficient (Wildman–Crippen LogP) is 1.06. The number of carbonyl (C=O) groups excluding carboxylic acids is 1. The molecule has 0 bridgehead atoms. The SMILES string of the molecule is CCO[Si](NC(C)C)(OCC)OC(C)=O. The first-order valence-electron chi connectivity index (χ1n) is 5.21. The third-order valence-electron chi connectivity index (χ3n) is 1.41. The van der Waals surface area contributed by atoms with Gasteiger partial charge in [-0.3, -0.25) is 9.78 Å². The van der Waals surface area contributed by atoms with E-state index in [1.165, 1.54) is 6.92 Å². The van der Waals surface area contributed by atoms with E-state index in [0.717, 1.165) is 0 Å². The van der Waals surface area contributed by atoms with Crippen molar-refractivity contribution in [3.63, 3.8) is 0 Å². The van der Waals surface area contributed by atoms with Gasteiger partial charge in [-0.2, -0.15) is 0 Å². The molecule has 0 rings (SSSR count). The average molecular weight is 235 g/mol. The first-order valence-corrected chi connectivity index (χ1v) is 6.93. The second-order valence-electron chi connectivity index (χ2n) is 3.31. The number of hydrogen-bond acceptors (Lipinski definition) is 5. The van der Waals surface area contributed by atoms with E-state index in [2.05, 4.69) is 4.98 Å². The molecule has 5 nitrogen and oxygen atoms in total. The summed E-state index contributed by atoms with van der Waals surface area (Å²) in [5.74, 6) is -0.392. The summed E-state index contributed by atoms with van der Waals surface area (Å²) in [6.07, 6.45) is 0. The molecule has 0 aromatic carbocycles. The summed E-state index contributed by atoms with van der Waals surface area (Å²) in [5, 5.41) is 0. The Hall–Kier alpha value is -0.433. The molecule has 0 aliphatic rings. The molecule has 0 saturated heterocycles. The fraction of sp³-hybridized carbons (Fsp3) is 0.889. The van der Waals surface area contributed by atoms with Crippen molar-refractivity contribution in [1.29, 1.82) is 0 Å². The van der Waals surface area contributed by atoms with Crippen LogP contribution < -0.4 is 4.98 Å². The summed E-state index contributed by atoms with van der Waals surface area (Å²) in [6, 6.07) is 0.133. The molecule has 90 valence electrons. The van der Waals surface area contributed by atoms with Crippen LogP contribution in [-0.4, -0.2) is 34.2 Å². The van der Waals surface area contributed by atoms with Crippen LogP contribution in [-0.2, 0) is 18.1 Å². The van der Waals surface area contributed by atoms with E-state index in [-0.39, 0.29) is 6.04 Å². The summed E-state index contributed by atoms with van der Waals surface area (Å²) >= 11 is 0. The van der Waals surface area contributed by atoms with Gasteiger partial charge in [0, 0.05) is 26.2 Å². The van der Waals surface area contributed by atoms with E-state index >= 15 is 0 Å². The van der Waals surface area contributed by atoms with Gasteiger partial charge in [-0.25, -0.2) is 0 Å². The Morgan fingerprint density at radius 3 is 2.00 bits per heavy atom. The molecule has 0 spiro atoms. The van der Waals surface area contributed by atoms with Gasteiger partial charge in [-0.1, -0.05) is 13.8 Å². The molecule has 0 aliphatic carbocycles. The van der Waals surface area contributed by atoms with Gasteiger partial charge in [0.15, 0.2) is 0 Å². The molecule has 0 radical (unpaired) electrons. The lowest BCUT2D eigenvalue weighted by molar-refractivity contribution is -0.137. The molecule has 1 N–H and O–H groups in total. The minimum atomic E-state index is -3.02. The van der Waals surface area contributed by atoms with E-state index in [4.69, 9.17) is 13.3 Å². The average Bonchev–Trinajstić information content (AvgIpc) is 2.01. The first kappa shape index (κ1) is 14.6. The second kappa shape index (κ2) is 6.94. The molecule has 0 unspecified atom stereocenters. The monoisotopic (exact) mass is 235 g/mol. The number of hydrogen-bond donors (Lipinski definition) is 1. The smallest absolute Gasteiger partial charge is 0.462 e. The van der Waals surface area contributed by atoms with Crippen LogP contribution in [0.25, 0.3) is 0 Å². The number of nitrogens with one attached hydrogen (secondary N) is 1. The molecule has 6 heteroatoms. The van der Waals surface area contributed by atoms with Crippen molar-refractivity contribution in [3.05, 3.63) is 0 Å². The predicted molar refractivity (Wildman–Crippen MR) is 59.0 cm³/mol. The Labute approximate surface area is 92.5 Å². The lowest BCUT2D eigenvalue weighted by Gasteiger charge is -2.29. The van der Waals surface area contributed by atoms with Gasteiger partial charge in [0.1, 0.15) is 0 Å². The highest BCUT2D eigenvalue weighted by atomic mass is 28.4. The van der Waals surface area contributed by atoms with E-state index in [9.17, 15) is 4.79 Å². The Balaban J connectivity index is 4.62. The van der Waals surface area contributed by atoms with Gasteiger partial charge in [-0.15, -0.1) is 0 Å². The number of rotatable bonds is 7. The highest BCUT2D eigenvalue weighted by molar-refractivity contribution is 6.59. The second-order valence-corrected chi connectivity index (χ2v) is 5.50. The Morgan fingerprint density at radius 2 is 1.73 bits per heavy atom. The minimum Gasteiger partial charge on any atom is -0.462 e. The molecule has 0 fully saturated rings. The maximum Gasteiger partial charge on any atom is 0.666 e. The largest absolute Gasteiger partial charge is 0.666 e. The van der Waals surface area contributed by atoms with Gasteiger partial charge in [0.25, 0.3) is 5.97 Å². The van der Waals surface area contributed by atoms with Crippen molar-refractivity contribution >= 4 is 14.9 Å². The fourth-order valence-corrected chi connectivity index (χ4v) is 3.41. The van der Waals surface area contributed by atoms with Crippen LogP contribution in [0.4, 0.5) is 0 Å². The van der Waals surface area contributed by atoms with Gasteiger partial charge >= 0.3 is 8.97 Å². The summed E-state index contributed by atoms with van der Waals surface area (Å²) in [7, 11) is -3.02. The molecule has 0 atom stereocenters. The normalized spacial score (nSPS) is 11.9. The highest BCUT2D eigenvalue weighted by Crippen LogP contribution is 2.08. The van der Waals surface area contributed by atoms with E-state index < -0.39 is 14.9 Å². The van der Waals surface area contributed by atoms with Gasteiger partial charge in [0.05, 0.1) is 0 Å². The summed E-state index contributed by atoms with van der Waals surface area (Å²) in [6.45, 7) is 9.81. The van der Waals surface area contributed by atoms with E-state index in [0.29, 0.717) is 13.2 Å². The van der Waals surface area contributed by atoms with Gasteiger partial charge < -0.3 is 13.3 Å². The van der Waals surface area contributed by atoms with Crippen molar-refractivity contribution in [2.24, 2.45) is 0 Å². The quantitative estimate of drug-likeness (QED) is 0.669. The van der Waals surface area contributed by atoms with Crippen LogP contribution in [0, 0.1) is 0 Å². The van der Waals surface area contributed by atoms with Crippen molar-refractivity contribution in [1.82, 2.24) is 4.98 Å². The Morgan fingerprint density at radius 1 is 1.27 bits per heavy atom.